The van der Waals surface area contributed by atoms with Crippen molar-refractivity contribution in [3.63, 3.8) is 0 Å². The van der Waals surface area contributed by atoms with E-state index < -0.39 is 0 Å². The van der Waals surface area contributed by atoms with Crippen molar-refractivity contribution in [2.24, 2.45) is 0 Å². The van der Waals surface area contributed by atoms with Crippen molar-refractivity contribution in [3.8, 4) is 0 Å². The SMILES string of the molecule is [NH3+]CCc1nnc(SCc2ccc(Cl)c(Cl)c2)o1. The zero-order chi connectivity index (χ0) is 13.0. The predicted octanol–water partition coefficient (Wildman–Crippen LogP) is 2.45. The third kappa shape index (κ3) is 3.62. The van der Waals surface area contributed by atoms with Gasteiger partial charge in [0.1, 0.15) is 0 Å². The van der Waals surface area contributed by atoms with E-state index in [4.69, 9.17) is 27.6 Å². The first-order valence-corrected chi connectivity index (χ1v) is 7.11. The first-order valence-electron chi connectivity index (χ1n) is 5.37. The van der Waals surface area contributed by atoms with E-state index in [1.54, 1.807) is 6.07 Å². The molecule has 0 unspecified atom stereocenters. The van der Waals surface area contributed by atoms with Crippen LogP contribution in [0.5, 0.6) is 0 Å². The molecule has 0 spiro atoms. The van der Waals surface area contributed by atoms with Gasteiger partial charge in [0.25, 0.3) is 5.22 Å². The van der Waals surface area contributed by atoms with E-state index in [9.17, 15) is 0 Å². The molecular weight excluding hydrogens is 293 g/mol. The van der Waals surface area contributed by atoms with Crippen LogP contribution in [-0.2, 0) is 12.2 Å². The third-order valence-corrected chi connectivity index (χ3v) is 3.81. The lowest BCUT2D eigenvalue weighted by molar-refractivity contribution is -0.367. The number of aromatic nitrogens is 2. The minimum absolute atomic E-state index is 0.554. The van der Waals surface area contributed by atoms with Crippen molar-refractivity contribution in [2.75, 3.05) is 6.54 Å². The second-order valence-corrected chi connectivity index (χ2v) is 5.34. The Morgan fingerprint density at radius 2 is 2.06 bits per heavy atom. The van der Waals surface area contributed by atoms with E-state index in [0.717, 1.165) is 12.1 Å². The lowest BCUT2D eigenvalue weighted by atomic mass is 10.2. The van der Waals surface area contributed by atoms with Gasteiger partial charge in [-0.25, -0.2) is 0 Å². The fourth-order valence-electron chi connectivity index (χ4n) is 1.32. The normalized spacial score (nSPS) is 10.8. The summed E-state index contributed by atoms with van der Waals surface area (Å²) in [4.78, 5) is 0. The van der Waals surface area contributed by atoms with E-state index in [1.807, 2.05) is 12.1 Å². The number of hydrogen-bond donors (Lipinski definition) is 1. The third-order valence-electron chi connectivity index (χ3n) is 2.19. The molecule has 1 aromatic carbocycles. The Morgan fingerprint density at radius 3 is 2.78 bits per heavy atom. The van der Waals surface area contributed by atoms with Crippen molar-refractivity contribution in [1.29, 1.82) is 0 Å². The molecule has 2 rings (SSSR count). The minimum Gasteiger partial charge on any atom is -0.416 e. The molecule has 1 heterocycles. The molecule has 0 radical (unpaired) electrons. The number of nitrogens with zero attached hydrogens (tertiary/aromatic N) is 2. The van der Waals surface area contributed by atoms with Crippen LogP contribution >= 0.6 is 35.0 Å². The second-order valence-electron chi connectivity index (χ2n) is 3.60. The van der Waals surface area contributed by atoms with Gasteiger partial charge in [0.2, 0.25) is 5.89 Å². The lowest BCUT2D eigenvalue weighted by Crippen LogP contribution is -2.51. The summed E-state index contributed by atoms with van der Waals surface area (Å²) < 4.78 is 5.44. The Labute approximate surface area is 119 Å². The van der Waals surface area contributed by atoms with Crippen LogP contribution in [0, 0.1) is 0 Å². The summed E-state index contributed by atoms with van der Waals surface area (Å²) in [5.41, 5.74) is 4.80. The fraction of sp³-hybridized carbons (Fsp3) is 0.273. The highest BCUT2D eigenvalue weighted by atomic mass is 35.5. The highest BCUT2D eigenvalue weighted by Crippen LogP contribution is 2.27. The summed E-state index contributed by atoms with van der Waals surface area (Å²) >= 11 is 13.3. The van der Waals surface area contributed by atoms with Crippen LogP contribution in [0.2, 0.25) is 10.0 Å². The van der Waals surface area contributed by atoms with E-state index in [-0.39, 0.29) is 0 Å². The number of halogens is 2. The van der Waals surface area contributed by atoms with Gasteiger partial charge >= 0.3 is 0 Å². The number of quaternary nitrogens is 1. The van der Waals surface area contributed by atoms with Gasteiger partial charge in [0, 0.05) is 5.75 Å². The maximum Gasteiger partial charge on any atom is 0.276 e. The molecule has 0 aliphatic rings. The standard InChI is InChI=1S/C11H11Cl2N3OS/c12-8-2-1-7(5-9(8)13)6-18-11-16-15-10(17-11)3-4-14/h1-2,5H,3-4,6,14H2/p+1. The zero-order valence-corrected chi connectivity index (χ0v) is 11.9. The lowest BCUT2D eigenvalue weighted by Gasteiger charge is -2.00. The van der Waals surface area contributed by atoms with E-state index in [1.165, 1.54) is 11.8 Å². The molecule has 1 aromatic heterocycles. The maximum absolute atomic E-state index is 5.94. The fourth-order valence-corrected chi connectivity index (χ4v) is 2.37. The van der Waals surface area contributed by atoms with Gasteiger partial charge < -0.3 is 10.2 Å². The first-order chi connectivity index (χ1) is 8.69. The van der Waals surface area contributed by atoms with E-state index >= 15 is 0 Å². The number of rotatable bonds is 5. The van der Waals surface area contributed by atoms with Gasteiger partial charge in [-0.05, 0) is 17.7 Å². The van der Waals surface area contributed by atoms with Crippen molar-refractivity contribution < 1.29 is 10.2 Å². The van der Waals surface area contributed by atoms with Gasteiger partial charge in [0.15, 0.2) is 0 Å². The summed E-state index contributed by atoms with van der Waals surface area (Å²) in [6, 6.07) is 5.54. The molecular formula is C11H12Cl2N3OS+. The van der Waals surface area contributed by atoms with E-state index in [0.29, 0.717) is 33.3 Å². The Balaban J connectivity index is 1.95. The van der Waals surface area contributed by atoms with Crippen molar-refractivity contribution in [1.82, 2.24) is 10.2 Å². The molecule has 0 bridgehead atoms. The quantitative estimate of drug-likeness (QED) is 0.862. The monoisotopic (exact) mass is 304 g/mol. The number of thioether (sulfide) groups is 1. The number of hydrogen-bond acceptors (Lipinski definition) is 4. The van der Waals surface area contributed by atoms with Crippen molar-refractivity contribution in [2.45, 2.75) is 17.4 Å². The first kappa shape index (κ1) is 13.7. The van der Waals surface area contributed by atoms with Gasteiger partial charge in [-0.2, -0.15) is 0 Å². The molecule has 0 fully saturated rings. The minimum atomic E-state index is 0.554. The molecule has 0 amide bonds. The largest absolute Gasteiger partial charge is 0.416 e. The van der Waals surface area contributed by atoms with Crippen LogP contribution in [0.4, 0.5) is 0 Å². The highest BCUT2D eigenvalue weighted by molar-refractivity contribution is 7.98. The molecule has 4 nitrogen and oxygen atoms in total. The van der Waals surface area contributed by atoms with Gasteiger partial charge in [-0.1, -0.05) is 41.0 Å². The van der Waals surface area contributed by atoms with Crippen molar-refractivity contribution >= 4 is 35.0 Å². The summed E-state index contributed by atoms with van der Waals surface area (Å²) in [6.07, 6.45) is 0.709. The molecule has 2 aromatic rings. The molecule has 0 atom stereocenters. The molecule has 0 aliphatic carbocycles. The second kappa shape index (κ2) is 6.43. The van der Waals surface area contributed by atoms with E-state index in [2.05, 4.69) is 15.9 Å². The molecule has 0 aliphatic heterocycles. The topological polar surface area (TPSA) is 66.6 Å². The number of benzene rings is 1. The highest BCUT2D eigenvalue weighted by Gasteiger charge is 2.07. The summed E-state index contributed by atoms with van der Waals surface area (Å²) in [5, 5.41) is 9.54. The van der Waals surface area contributed by atoms with Crippen LogP contribution in [-0.4, -0.2) is 16.7 Å². The molecule has 7 heteroatoms. The summed E-state index contributed by atoms with van der Waals surface area (Å²) in [7, 11) is 0. The van der Waals surface area contributed by atoms with Crippen LogP contribution in [0.3, 0.4) is 0 Å². The Hall–Kier alpha value is -0.750. The Bertz CT molecular complexity index is 533. The van der Waals surface area contributed by atoms with Crippen LogP contribution in [0.25, 0.3) is 0 Å². The zero-order valence-electron chi connectivity index (χ0n) is 9.53. The molecule has 96 valence electrons. The maximum atomic E-state index is 5.94. The Kier molecular flexibility index (Phi) is 4.88. The molecule has 0 saturated heterocycles. The van der Waals surface area contributed by atoms with Gasteiger partial charge in [-0.15, -0.1) is 10.2 Å². The van der Waals surface area contributed by atoms with Gasteiger partial charge in [-0.3, -0.25) is 0 Å². The molecule has 18 heavy (non-hydrogen) atoms. The summed E-state index contributed by atoms with van der Waals surface area (Å²) in [6.45, 7) is 0.749. The van der Waals surface area contributed by atoms with Crippen LogP contribution in [0.1, 0.15) is 11.5 Å². The van der Waals surface area contributed by atoms with Gasteiger partial charge in [0.05, 0.1) is 23.0 Å². The average Bonchev–Trinajstić information content (AvgIpc) is 2.79. The Morgan fingerprint density at radius 1 is 1.22 bits per heavy atom. The summed E-state index contributed by atoms with van der Waals surface area (Å²) in [5.74, 6) is 1.34. The smallest absolute Gasteiger partial charge is 0.276 e. The molecule has 0 saturated carbocycles. The van der Waals surface area contributed by atoms with Crippen molar-refractivity contribution in [3.05, 3.63) is 39.7 Å². The van der Waals surface area contributed by atoms with Crippen LogP contribution < -0.4 is 5.73 Å². The predicted molar refractivity (Wildman–Crippen MR) is 71.8 cm³/mol. The molecule has 3 N–H and O–H groups in total. The van der Waals surface area contributed by atoms with Crippen LogP contribution in [0.15, 0.2) is 27.8 Å². The average molecular weight is 305 g/mol.